The maximum atomic E-state index is 5.93. The van der Waals surface area contributed by atoms with Crippen LogP contribution < -0.4 is 10.5 Å². The molecule has 0 atom stereocenters. The predicted octanol–water partition coefficient (Wildman–Crippen LogP) is 4.45. The van der Waals surface area contributed by atoms with Crippen molar-refractivity contribution in [3.05, 3.63) is 82.7 Å². The Morgan fingerprint density at radius 3 is 2.64 bits per heavy atom. The third-order valence-electron chi connectivity index (χ3n) is 4.05. The second-order valence-electron chi connectivity index (χ2n) is 6.09. The second-order valence-corrected chi connectivity index (χ2v) is 7.08. The van der Waals surface area contributed by atoms with Crippen molar-refractivity contribution in [3.8, 4) is 5.75 Å². The fourth-order valence-electron chi connectivity index (χ4n) is 2.48. The van der Waals surface area contributed by atoms with E-state index in [0.717, 1.165) is 28.3 Å². The molecule has 0 aliphatic heterocycles. The lowest BCUT2D eigenvalue weighted by Gasteiger charge is -2.08. The van der Waals surface area contributed by atoms with Gasteiger partial charge in [0.25, 0.3) is 0 Å². The Kier molecular flexibility index (Phi) is 6.86. The molecule has 0 radical (unpaired) electrons. The number of ether oxygens (including phenoxy) is 1. The van der Waals surface area contributed by atoms with Crippen molar-refractivity contribution in [2.45, 2.75) is 26.2 Å². The van der Waals surface area contributed by atoms with E-state index in [1.54, 1.807) is 6.21 Å². The Balaban J connectivity index is 1.60. The van der Waals surface area contributed by atoms with Gasteiger partial charge in [0.05, 0.1) is 17.5 Å². The highest BCUT2D eigenvalue weighted by atomic mass is 32.2. The molecular formula is C21H22N4O2S. The van der Waals surface area contributed by atoms with E-state index in [9.17, 15) is 0 Å². The predicted molar refractivity (Wildman–Crippen MR) is 114 cm³/mol. The molecule has 144 valence electrons. The number of aromatic nitrogens is 1. The maximum Gasteiger partial charge on any atom is 0.180 e. The van der Waals surface area contributed by atoms with Crippen LogP contribution in [0.1, 0.15) is 28.1 Å². The van der Waals surface area contributed by atoms with E-state index in [4.69, 9.17) is 15.0 Å². The minimum atomic E-state index is 0.379. The zero-order valence-electron chi connectivity index (χ0n) is 15.8. The van der Waals surface area contributed by atoms with Crippen molar-refractivity contribution in [2.24, 2.45) is 15.9 Å². The number of aryl methyl sites for hydroxylation is 2. The molecule has 0 unspecified atom stereocenters. The molecule has 0 aliphatic rings. The maximum absolute atomic E-state index is 5.93. The van der Waals surface area contributed by atoms with E-state index in [0.29, 0.717) is 17.5 Å². The van der Waals surface area contributed by atoms with Gasteiger partial charge in [0.1, 0.15) is 18.1 Å². The molecule has 0 aliphatic carbocycles. The van der Waals surface area contributed by atoms with Crippen LogP contribution in [-0.4, -0.2) is 16.5 Å². The van der Waals surface area contributed by atoms with Crippen molar-refractivity contribution >= 4 is 23.1 Å². The summed E-state index contributed by atoms with van der Waals surface area (Å²) in [7, 11) is 0. The van der Waals surface area contributed by atoms with Crippen LogP contribution in [0.25, 0.3) is 0 Å². The molecule has 7 heteroatoms. The highest BCUT2D eigenvalue weighted by molar-refractivity contribution is 8.13. The molecule has 0 amide bonds. The summed E-state index contributed by atoms with van der Waals surface area (Å²) in [5, 5.41) is 12.5. The first-order chi connectivity index (χ1) is 13.6. The lowest BCUT2D eigenvalue weighted by Crippen LogP contribution is -2.06. The van der Waals surface area contributed by atoms with E-state index in [-0.39, 0.29) is 0 Å². The summed E-state index contributed by atoms with van der Waals surface area (Å²) in [5.74, 6) is 2.22. The monoisotopic (exact) mass is 394 g/mol. The van der Waals surface area contributed by atoms with Crippen molar-refractivity contribution in [2.75, 3.05) is 0 Å². The fourth-order valence-corrected chi connectivity index (χ4v) is 3.10. The molecule has 3 rings (SSSR count). The number of rotatable bonds is 7. The molecule has 0 fully saturated rings. The lowest BCUT2D eigenvalue weighted by atomic mass is 10.2. The van der Waals surface area contributed by atoms with Crippen LogP contribution in [0.2, 0.25) is 0 Å². The summed E-state index contributed by atoms with van der Waals surface area (Å²) in [5.41, 5.74) is 9.72. The zero-order valence-corrected chi connectivity index (χ0v) is 16.6. The van der Waals surface area contributed by atoms with E-state index < -0.39 is 0 Å². The Labute approximate surface area is 168 Å². The SMILES string of the molecule is Cc1noc(C)c1COc1ccccc1C=NN=C(N)SCc1ccccc1. The van der Waals surface area contributed by atoms with Crippen LogP contribution in [0.5, 0.6) is 5.75 Å². The zero-order chi connectivity index (χ0) is 19.8. The normalized spacial score (nSPS) is 11.9. The highest BCUT2D eigenvalue weighted by Gasteiger charge is 2.10. The van der Waals surface area contributed by atoms with Gasteiger partial charge in [-0.05, 0) is 31.5 Å². The lowest BCUT2D eigenvalue weighted by molar-refractivity contribution is 0.301. The third-order valence-corrected chi connectivity index (χ3v) is 4.91. The number of hydrogen-bond acceptors (Lipinski definition) is 6. The third kappa shape index (κ3) is 5.47. The van der Waals surface area contributed by atoms with Gasteiger partial charge in [0.15, 0.2) is 5.17 Å². The molecule has 2 N–H and O–H groups in total. The number of thioether (sulfide) groups is 1. The Bertz CT molecular complexity index is 948. The number of nitrogens with two attached hydrogens (primary N) is 1. The van der Waals surface area contributed by atoms with Gasteiger partial charge in [-0.2, -0.15) is 5.10 Å². The van der Waals surface area contributed by atoms with Crippen LogP contribution in [0, 0.1) is 13.8 Å². The molecule has 2 aromatic carbocycles. The van der Waals surface area contributed by atoms with Crippen molar-refractivity contribution in [1.82, 2.24) is 5.16 Å². The number of hydrogen-bond donors (Lipinski definition) is 1. The number of amidine groups is 1. The van der Waals surface area contributed by atoms with Crippen LogP contribution in [-0.2, 0) is 12.4 Å². The van der Waals surface area contributed by atoms with Crippen LogP contribution in [0.4, 0.5) is 0 Å². The largest absolute Gasteiger partial charge is 0.488 e. The summed E-state index contributed by atoms with van der Waals surface area (Å²) in [6, 6.07) is 17.7. The van der Waals surface area contributed by atoms with E-state index in [1.807, 2.05) is 56.3 Å². The molecule has 28 heavy (non-hydrogen) atoms. The smallest absolute Gasteiger partial charge is 0.180 e. The first-order valence-corrected chi connectivity index (χ1v) is 9.79. The van der Waals surface area contributed by atoms with Gasteiger partial charge in [-0.25, -0.2) is 0 Å². The molecule has 0 saturated heterocycles. The van der Waals surface area contributed by atoms with E-state index in [2.05, 4.69) is 27.5 Å². The minimum Gasteiger partial charge on any atom is -0.488 e. The van der Waals surface area contributed by atoms with Crippen LogP contribution >= 0.6 is 11.8 Å². The Hall–Kier alpha value is -3.06. The number of benzene rings is 2. The van der Waals surface area contributed by atoms with Gasteiger partial charge in [0.2, 0.25) is 0 Å². The van der Waals surface area contributed by atoms with Gasteiger partial charge in [-0.3, -0.25) is 0 Å². The average molecular weight is 395 g/mol. The minimum absolute atomic E-state index is 0.379. The summed E-state index contributed by atoms with van der Waals surface area (Å²) in [4.78, 5) is 0. The van der Waals surface area contributed by atoms with Gasteiger partial charge in [0, 0.05) is 11.3 Å². The van der Waals surface area contributed by atoms with Crippen LogP contribution in [0.3, 0.4) is 0 Å². The summed E-state index contributed by atoms with van der Waals surface area (Å²) in [6.45, 7) is 4.15. The first-order valence-electron chi connectivity index (χ1n) is 8.80. The van der Waals surface area contributed by atoms with E-state index >= 15 is 0 Å². The molecule has 0 spiro atoms. The van der Waals surface area contributed by atoms with Crippen molar-refractivity contribution in [3.63, 3.8) is 0 Å². The van der Waals surface area contributed by atoms with Gasteiger partial charge in [-0.15, -0.1) is 5.10 Å². The molecule has 1 aromatic heterocycles. The first kappa shape index (κ1) is 19.7. The summed E-state index contributed by atoms with van der Waals surface area (Å²) < 4.78 is 11.1. The van der Waals surface area contributed by atoms with E-state index in [1.165, 1.54) is 17.3 Å². The molecule has 6 nitrogen and oxygen atoms in total. The van der Waals surface area contributed by atoms with Gasteiger partial charge < -0.3 is 15.0 Å². The van der Waals surface area contributed by atoms with Gasteiger partial charge >= 0.3 is 0 Å². The summed E-state index contributed by atoms with van der Waals surface area (Å²) in [6.07, 6.45) is 1.64. The Morgan fingerprint density at radius 2 is 1.89 bits per heavy atom. The summed E-state index contributed by atoms with van der Waals surface area (Å²) >= 11 is 1.45. The Morgan fingerprint density at radius 1 is 1.14 bits per heavy atom. The molecule has 0 bridgehead atoms. The van der Waals surface area contributed by atoms with Gasteiger partial charge in [-0.1, -0.05) is 59.4 Å². The quantitative estimate of drug-likeness (QED) is 0.363. The number of nitrogens with zero attached hydrogens (tertiary/aromatic N) is 3. The molecule has 1 heterocycles. The standard InChI is InChI=1S/C21H22N4O2S/c1-15-19(16(2)27-25-15)13-26-20-11-7-6-10-18(20)12-23-24-21(22)28-14-17-8-4-3-5-9-17/h3-12H,13-14H2,1-2H3,(H2,22,24). The topological polar surface area (TPSA) is 86.0 Å². The van der Waals surface area contributed by atoms with Crippen molar-refractivity contribution < 1.29 is 9.26 Å². The molecule has 3 aromatic rings. The second kappa shape index (κ2) is 9.75. The highest BCUT2D eigenvalue weighted by Crippen LogP contribution is 2.20. The molecule has 0 saturated carbocycles. The molecular weight excluding hydrogens is 372 g/mol. The fraction of sp³-hybridized carbons (Fsp3) is 0.190. The van der Waals surface area contributed by atoms with Crippen LogP contribution in [0.15, 0.2) is 69.3 Å². The number of para-hydroxylation sites is 1. The van der Waals surface area contributed by atoms with Crippen molar-refractivity contribution in [1.29, 1.82) is 0 Å². The average Bonchev–Trinajstić information content (AvgIpc) is 3.04.